The molecule has 22 heavy (non-hydrogen) atoms. The van der Waals surface area contributed by atoms with Crippen LogP contribution in [0.3, 0.4) is 0 Å². The maximum Gasteiger partial charge on any atom is 0.241 e. The highest BCUT2D eigenvalue weighted by molar-refractivity contribution is 5.76. The SMILES string of the molecule is CCC(NC(=O)Cn1cccn1)C12CC3CC(CC(C3)C1)C2. The van der Waals surface area contributed by atoms with Gasteiger partial charge in [-0.2, -0.15) is 5.10 Å². The Kier molecular flexibility index (Phi) is 3.50. The average molecular weight is 301 g/mol. The highest BCUT2D eigenvalue weighted by Crippen LogP contribution is 2.61. The molecule has 4 aliphatic carbocycles. The summed E-state index contributed by atoms with van der Waals surface area (Å²) in [6.45, 7) is 2.58. The Labute approximate surface area is 132 Å². The van der Waals surface area contributed by atoms with E-state index >= 15 is 0 Å². The first kappa shape index (κ1) is 14.3. The van der Waals surface area contributed by atoms with E-state index in [-0.39, 0.29) is 5.91 Å². The molecule has 4 saturated carbocycles. The van der Waals surface area contributed by atoms with Gasteiger partial charge < -0.3 is 5.32 Å². The molecule has 120 valence electrons. The molecule has 1 N–H and O–H groups in total. The van der Waals surface area contributed by atoms with Gasteiger partial charge in [-0.25, -0.2) is 0 Å². The molecule has 1 aromatic rings. The molecule has 4 heteroatoms. The molecule has 1 amide bonds. The topological polar surface area (TPSA) is 46.9 Å². The molecule has 0 aliphatic heterocycles. The molecule has 1 heterocycles. The predicted octanol–water partition coefficient (Wildman–Crippen LogP) is 2.99. The average Bonchev–Trinajstić information content (AvgIpc) is 2.96. The van der Waals surface area contributed by atoms with Gasteiger partial charge in [-0.15, -0.1) is 0 Å². The van der Waals surface area contributed by atoms with Gasteiger partial charge in [0, 0.05) is 18.4 Å². The van der Waals surface area contributed by atoms with Crippen LogP contribution < -0.4 is 5.32 Å². The van der Waals surface area contributed by atoms with Crippen LogP contribution in [-0.4, -0.2) is 21.7 Å². The second-order valence-electron chi connectivity index (χ2n) is 8.01. The Morgan fingerprint density at radius 2 is 1.91 bits per heavy atom. The zero-order valence-corrected chi connectivity index (χ0v) is 13.5. The highest BCUT2D eigenvalue weighted by Gasteiger charge is 2.53. The van der Waals surface area contributed by atoms with Crippen molar-refractivity contribution in [2.45, 2.75) is 64.5 Å². The van der Waals surface area contributed by atoms with Crippen molar-refractivity contribution in [2.24, 2.45) is 23.2 Å². The summed E-state index contributed by atoms with van der Waals surface area (Å²) in [6.07, 6.45) is 13.0. The third-order valence-corrected chi connectivity index (χ3v) is 6.43. The highest BCUT2D eigenvalue weighted by atomic mass is 16.2. The molecular weight excluding hydrogens is 274 g/mol. The van der Waals surface area contributed by atoms with Gasteiger partial charge in [0.05, 0.1) is 0 Å². The third-order valence-electron chi connectivity index (χ3n) is 6.43. The lowest BCUT2D eigenvalue weighted by Crippen LogP contribution is -2.57. The first-order chi connectivity index (χ1) is 10.7. The Bertz CT molecular complexity index is 501. The summed E-state index contributed by atoms with van der Waals surface area (Å²) in [5.74, 6) is 2.92. The van der Waals surface area contributed by atoms with Crippen LogP contribution in [0.5, 0.6) is 0 Å². The summed E-state index contributed by atoms with van der Waals surface area (Å²) < 4.78 is 1.71. The minimum absolute atomic E-state index is 0.117. The fourth-order valence-electron chi connectivity index (χ4n) is 6.07. The summed E-state index contributed by atoms with van der Waals surface area (Å²) in [4.78, 5) is 12.4. The molecule has 1 unspecified atom stereocenters. The minimum Gasteiger partial charge on any atom is -0.351 e. The molecule has 1 aromatic heterocycles. The van der Waals surface area contributed by atoms with Crippen molar-refractivity contribution in [3.63, 3.8) is 0 Å². The Balaban J connectivity index is 1.46. The number of aromatic nitrogens is 2. The summed E-state index contributed by atoms with van der Waals surface area (Å²) >= 11 is 0. The van der Waals surface area contributed by atoms with E-state index in [4.69, 9.17) is 0 Å². The minimum atomic E-state index is 0.117. The molecule has 4 bridgehead atoms. The standard InChI is InChI=1S/C18H27N3O/c1-2-16(20-17(22)12-21-5-3-4-19-21)18-9-13-6-14(10-18)8-15(7-13)11-18/h3-5,13-16H,2,6-12H2,1H3,(H,20,22). The fraction of sp³-hybridized carbons (Fsp3) is 0.778. The monoisotopic (exact) mass is 301 g/mol. The van der Waals surface area contributed by atoms with Gasteiger partial charge in [0.2, 0.25) is 5.91 Å². The molecule has 4 fully saturated rings. The van der Waals surface area contributed by atoms with Crippen LogP contribution in [0.25, 0.3) is 0 Å². The molecule has 5 rings (SSSR count). The summed E-state index contributed by atoms with van der Waals surface area (Å²) in [7, 11) is 0. The number of carbonyl (C=O) groups excluding carboxylic acids is 1. The van der Waals surface area contributed by atoms with E-state index in [1.54, 1.807) is 10.9 Å². The van der Waals surface area contributed by atoms with Crippen molar-refractivity contribution >= 4 is 5.91 Å². The van der Waals surface area contributed by atoms with Gasteiger partial charge in [-0.05, 0) is 74.2 Å². The lowest BCUT2D eigenvalue weighted by atomic mass is 9.47. The number of nitrogens with one attached hydrogen (secondary N) is 1. The second kappa shape index (κ2) is 5.39. The number of hydrogen-bond acceptors (Lipinski definition) is 2. The lowest BCUT2D eigenvalue weighted by molar-refractivity contribution is -0.127. The molecular formula is C18H27N3O. The van der Waals surface area contributed by atoms with E-state index in [0.29, 0.717) is 18.0 Å². The van der Waals surface area contributed by atoms with Gasteiger partial charge in [0.1, 0.15) is 6.54 Å². The summed E-state index contributed by atoms with van der Waals surface area (Å²) in [5.41, 5.74) is 0.392. The molecule has 0 saturated heterocycles. The maximum atomic E-state index is 12.4. The number of carbonyl (C=O) groups is 1. The molecule has 4 aliphatic rings. The van der Waals surface area contributed by atoms with Crippen LogP contribution in [-0.2, 0) is 11.3 Å². The van der Waals surface area contributed by atoms with E-state index in [1.807, 2.05) is 12.3 Å². The first-order valence-electron chi connectivity index (χ1n) is 8.93. The number of rotatable bonds is 5. The van der Waals surface area contributed by atoms with Crippen LogP contribution in [0, 0.1) is 23.2 Å². The number of nitrogens with zero attached hydrogens (tertiary/aromatic N) is 2. The van der Waals surface area contributed by atoms with Gasteiger partial charge >= 0.3 is 0 Å². The van der Waals surface area contributed by atoms with Crippen molar-refractivity contribution in [1.82, 2.24) is 15.1 Å². The van der Waals surface area contributed by atoms with Crippen molar-refractivity contribution in [3.8, 4) is 0 Å². The number of hydrogen-bond donors (Lipinski definition) is 1. The van der Waals surface area contributed by atoms with Gasteiger partial charge in [0.25, 0.3) is 0 Å². The summed E-state index contributed by atoms with van der Waals surface area (Å²) in [5, 5.41) is 7.50. The molecule has 0 spiro atoms. The van der Waals surface area contributed by atoms with Crippen molar-refractivity contribution in [1.29, 1.82) is 0 Å². The smallest absolute Gasteiger partial charge is 0.241 e. The van der Waals surface area contributed by atoms with Crippen LogP contribution in [0.2, 0.25) is 0 Å². The Hall–Kier alpha value is -1.32. The maximum absolute atomic E-state index is 12.4. The summed E-state index contributed by atoms with van der Waals surface area (Å²) in [6, 6.07) is 2.22. The number of amides is 1. The van der Waals surface area contributed by atoms with Crippen molar-refractivity contribution in [2.75, 3.05) is 0 Å². The van der Waals surface area contributed by atoms with Gasteiger partial charge in [-0.1, -0.05) is 6.92 Å². The van der Waals surface area contributed by atoms with E-state index in [2.05, 4.69) is 17.3 Å². The molecule has 1 atom stereocenters. The first-order valence-corrected chi connectivity index (χ1v) is 8.93. The van der Waals surface area contributed by atoms with Crippen molar-refractivity contribution < 1.29 is 4.79 Å². The molecule has 0 radical (unpaired) electrons. The Morgan fingerprint density at radius 1 is 1.27 bits per heavy atom. The van der Waals surface area contributed by atoms with Crippen LogP contribution in [0.4, 0.5) is 0 Å². The van der Waals surface area contributed by atoms with Crippen LogP contribution in [0.1, 0.15) is 51.9 Å². The molecule has 4 nitrogen and oxygen atoms in total. The van der Waals surface area contributed by atoms with Gasteiger partial charge in [-0.3, -0.25) is 9.48 Å². The van der Waals surface area contributed by atoms with E-state index in [9.17, 15) is 4.79 Å². The largest absolute Gasteiger partial charge is 0.351 e. The van der Waals surface area contributed by atoms with E-state index < -0.39 is 0 Å². The zero-order valence-electron chi connectivity index (χ0n) is 13.5. The quantitative estimate of drug-likeness (QED) is 0.909. The van der Waals surface area contributed by atoms with E-state index in [1.165, 1.54) is 38.5 Å². The predicted molar refractivity (Wildman–Crippen MR) is 85.1 cm³/mol. The van der Waals surface area contributed by atoms with Gasteiger partial charge in [0.15, 0.2) is 0 Å². The van der Waals surface area contributed by atoms with Crippen LogP contribution in [0.15, 0.2) is 18.5 Å². The van der Waals surface area contributed by atoms with E-state index in [0.717, 1.165) is 24.2 Å². The second-order valence-corrected chi connectivity index (χ2v) is 8.01. The lowest BCUT2D eigenvalue weighted by Gasteiger charge is -2.59. The Morgan fingerprint density at radius 3 is 2.41 bits per heavy atom. The van der Waals surface area contributed by atoms with Crippen LogP contribution >= 0.6 is 0 Å². The zero-order chi connectivity index (χ0) is 15.2. The third kappa shape index (κ3) is 2.46. The molecule has 0 aromatic carbocycles. The fourth-order valence-corrected chi connectivity index (χ4v) is 6.07. The van der Waals surface area contributed by atoms with Crippen molar-refractivity contribution in [3.05, 3.63) is 18.5 Å². The normalized spacial score (nSPS) is 37.2.